The van der Waals surface area contributed by atoms with Crippen molar-refractivity contribution in [2.75, 3.05) is 0 Å². The second-order valence-electron chi connectivity index (χ2n) is 3.15. The highest BCUT2D eigenvalue weighted by atomic mass is 35.5. The number of aryl methyl sites for hydroxylation is 1. The van der Waals surface area contributed by atoms with Gasteiger partial charge < -0.3 is 5.73 Å². The van der Waals surface area contributed by atoms with Crippen LogP contribution in [0.3, 0.4) is 0 Å². The van der Waals surface area contributed by atoms with E-state index < -0.39 is 0 Å². The van der Waals surface area contributed by atoms with Crippen LogP contribution < -0.4 is 5.73 Å². The third-order valence-corrected chi connectivity index (χ3v) is 4.46. The summed E-state index contributed by atoms with van der Waals surface area (Å²) in [5.74, 6) is 0. The lowest BCUT2D eigenvalue weighted by Crippen LogP contribution is -2.07. The maximum Gasteiger partial charge on any atom is 0.0740 e. The van der Waals surface area contributed by atoms with Crippen molar-refractivity contribution in [3.63, 3.8) is 0 Å². The first-order chi connectivity index (χ1) is 6.81. The van der Waals surface area contributed by atoms with Crippen LogP contribution in [0.5, 0.6) is 0 Å². The average Bonchev–Trinajstić information content (AvgIpc) is 2.88. The van der Waals surface area contributed by atoms with Gasteiger partial charge in [-0.15, -0.1) is 35.1 Å². The lowest BCUT2D eigenvalue weighted by atomic mass is 10.2. The van der Waals surface area contributed by atoms with Crippen molar-refractivity contribution in [2.45, 2.75) is 19.4 Å². The molecule has 0 spiro atoms. The molecule has 1 nitrogen and oxygen atoms in total. The van der Waals surface area contributed by atoms with Crippen LogP contribution in [0.15, 0.2) is 29.6 Å². The molecule has 2 rings (SSSR count). The van der Waals surface area contributed by atoms with E-state index in [1.54, 1.807) is 11.3 Å². The van der Waals surface area contributed by atoms with Crippen LogP contribution in [-0.4, -0.2) is 0 Å². The van der Waals surface area contributed by atoms with Crippen molar-refractivity contribution in [1.29, 1.82) is 0 Å². The second kappa shape index (κ2) is 5.66. The zero-order valence-electron chi connectivity index (χ0n) is 8.47. The lowest BCUT2D eigenvalue weighted by Gasteiger charge is -2.05. The molecule has 0 aliphatic heterocycles. The molecule has 2 heterocycles. The molecule has 0 saturated carbocycles. The van der Waals surface area contributed by atoms with Gasteiger partial charge in [0.1, 0.15) is 0 Å². The zero-order chi connectivity index (χ0) is 9.97. The fourth-order valence-corrected chi connectivity index (χ4v) is 3.15. The molecule has 0 aromatic carbocycles. The molecule has 0 radical (unpaired) electrons. The smallest absolute Gasteiger partial charge is 0.0740 e. The van der Waals surface area contributed by atoms with Gasteiger partial charge in [0, 0.05) is 14.6 Å². The number of hydrogen-bond donors (Lipinski definition) is 1. The van der Waals surface area contributed by atoms with Gasteiger partial charge in [0.2, 0.25) is 0 Å². The molecule has 0 fully saturated rings. The van der Waals surface area contributed by atoms with E-state index in [4.69, 9.17) is 5.73 Å². The minimum absolute atomic E-state index is 0. The van der Waals surface area contributed by atoms with E-state index in [2.05, 4.69) is 30.5 Å². The quantitative estimate of drug-likeness (QED) is 0.891. The molecule has 82 valence electrons. The van der Waals surface area contributed by atoms with Gasteiger partial charge in [-0.1, -0.05) is 13.0 Å². The molecular weight excluding hydrogens is 246 g/mol. The molecule has 4 heteroatoms. The van der Waals surface area contributed by atoms with E-state index >= 15 is 0 Å². The van der Waals surface area contributed by atoms with Gasteiger partial charge in [0.25, 0.3) is 0 Å². The monoisotopic (exact) mass is 259 g/mol. The summed E-state index contributed by atoms with van der Waals surface area (Å²) in [6.45, 7) is 2.17. The summed E-state index contributed by atoms with van der Waals surface area (Å²) in [6.07, 6.45) is 1.10. The third-order valence-electron chi connectivity index (χ3n) is 2.19. The van der Waals surface area contributed by atoms with Crippen LogP contribution in [0.4, 0.5) is 0 Å². The molecule has 2 N–H and O–H groups in total. The van der Waals surface area contributed by atoms with Crippen molar-refractivity contribution >= 4 is 35.1 Å². The van der Waals surface area contributed by atoms with Crippen molar-refractivity contribution in [2.24, 2.45) is 5.73 Å². The average molecular weight is 260 g/mol. The Kier molecular flexibility index (Phi) is 4.80. The highest BCUT2D eigenvalue weighted by Gasteiger charge is 2.11. The highest BCUT2D eigenvalue weighted by Crippen LogP contribution is 2.29. The Morgan fingerprint density at radius 2 is 2.07 bits per heavy atom. The summed E-state index contributed by atoms with van der Waals surface area (Å²) in [5, 5.41) is 2.07. The predicted octanol–water partition coefficient (Wildman–Crippen LogP) is 3.84. The van der Waals surface area contributed by atoms with Gasteiger partial charge in [-0.3, -0.25) is 0 Å². The van der Waals surface area contributed by atoms with Crippen LogP contribution in [0, 0.1) is 0 Å². The Labute approximate surface area is 104 Å². The van der Waals surface area contributed by atoms with Crippen LogP contribution >= 0.6 is 35.1 Å². The van der Waals surface area contributed by atoms with Gasteiger partial charge in [-0.2, -0.15) is 0 Å². The van der Waals surface area contributed by atoms with Gasteiger partial charge >= 0.3 is 0 Å². The van der Waals surface area contributed by atoms with Gasteiger partial charge in [-0.05, 0) is 30.0 Å². The fraction of sp³-hybridized carbons (Fsp3) is 0.273. The molecule has 0 bridgehead atoms. The summed E-state index contributed by atoms with van der Waals surface area (Å²) < 4.78 is 0. The Bertz CT molecular complexity index is 394. The van der Waals surface area contributed by atoms with E-state index in [1.807, 2.05) is 17.4 Å². The minimum Gasteiger partial charge on any atom is -0.319 e. The second-order valence-corrected chi connectivity index (χ2v) is 5.33. The first-order valence-corrected chi connectivity index (χ1v) is 6.38. The van der Waals surface area contributed by atoms with Gasteiger partial charge in [0.05, 0.1) is 6.04 Å². The van der Waals surface area contributed by atoms with Crippen molar-refractivity contribution in [1.82, 2.24) is 0 Å². The van der Waals surface area contributed by atoms with Crippen molar-refractivity contribution in [3.05, 3.63) is 44.3 Å². The standard InChI is InChI=1S/C11H13NS2.ClH/c1-2-8-5-6-10(14-8)11(12)9-4-3-7-13-9;/h3-7,11H,2,12H2,1H3;1H/t11-;/m0./s1. The number of thiophene rings is 2. The maximum atomic E-state index is 6.15. The first-order valence-electron chi connectivity index (χ1n) is 4.69. The van der Waals surface area contributed by atoms with Crippen molar-refractivity contribution < 1.29 is 0 Å². The summed E-state index contributed by atoms with van der Waals surface area (Å²) in [6, 6.07) is 8.54. The number of rotatable bonds is 3. The topological polar surface area (TPSA) is 26.0 Å². The van der Waals surface area contributed by atoms with Gasteiger partial charge in [-0.25, -0.2) is 0 Å². The number of hydrogen-bond acceptors (Lipinski definition) is 3. The van der Waals surface area contributed by atoms with Crippen LogP contribution in [-0.2, 0) is 6.42 Å². The van der Waals surface area contributed by atoms with Crippen LogP contribution in [0.25, 0.3) is 0 Å². The summed E-state index contributed by atoms with van der Waals surface area (Å²) in [4.78, 5) is 3.92. The molecule has 1 atom stereocenters. The van der Waals surface area contributed by atoms with E-state index in [1.165, 1.54) is 14.6 Å². The third kappa shape index (κ3) is 2.82. The molecule has 2 aromatic heterocycles. The highest BCUT2D eigenvalue weighted by molar-refractivity contribution is 7.13. The van der Waals surface area contributed by atoms with Crippen LogP contribution in [0.2, 0.25) is 0 Å². The summed E-state index contributed by atoms with van der Waals surface area (Å²) in [7, 11) is 0. The van der Waals surface area contributed by atoms with Crippen molar-refractivity contribution in [3.8, 4) is 0 Å². The lowest BCUT2D eigenvalue weighted by molar-refractivity contribution is 0.917. The van der Waals surface area contributed by atoms with E-state index in [9.17, 15) is 0 Å². The molecular formula is C11H14ClNS2. The van der Waals surface area contributed by atoms with E-state index in [0.717, 1.165) is 6.42 Å². The fourth-order valence-electron chi connectivity index (χ4n) is 1.36. The SMILES string of the molecule is CCc1ccc([C@@H](N)c2cccs2)s1.Cl. The molecule has 0 aliphatic carbocycles. The molecule has 15 heavy (non-hydrogen) atoms. The van der Waals surface area contributed by atoms with E-state index in [0.29, 0.717) is 0 Å². The normalized spacial score (nSPS) is 12.1. The zero-order valence-corrected chi connectivity index (χ0v) is 10.9. The summed E-state index contributed by atoms with van der Waals surface area (Å²) >= 11 is 3.55. The van der Waals surface area contributed by atoms with E-state index in [-0.39, 0.29) is 18.4 Å². The minimum atomic E-state index is 0. The first kappa shape index (κ1) is 12.7. The summed E-state index contributed by atoms with van der Waals surface area (Å²) in [5.41, 5.74) is 6.15. The molecule has 2 aromatic rings. The maximum absolute atomic E-state index is 6.15. The van der Waals surface area contributed by atoms with Gasteiger partial charge in [0.15, 0.2) is 0 Å². The van der Waals surface area contributed by atoms with Crippen LogP contribution in [0.1, 0.15) is 27.6 Å². The Balaban J connectivity index is 0.00000112. The largest absolute Gasteiger partial charge is 0.319 e. The Hall–Kier alpha value is -0.350. The molecule has 0 amide bonds. The Morgan fingerprint density at radius 1 is 1.27 bits per heavy atom. The number of halogens is 1. The molecule has 0 saturated heterocycles. The number of nitrogens with two attached hydrogens (primary N) is 1. The predicted molar refractivity (Wildman–Crippen MR) is 71.3 cm³/mol. The molecule has 0 unspecified atom stereocenters. The Morgan fingerprint density at radius 3 is 2.60 bits per heavy atom. The molecule has 0 aliphatic rings.